The second kappa shape index (κ2) is 6.85. The zero-order chi connectivity index (χ0) is 15.4. The molecular formula is C15H21N5O2. The second-order valence-electron chi connectivity index (χ2n) is 5.57. The number of likely N-dealkylation sites (tertiary alicyclic amines) is 1. The maximum absolute atomic E-state index is 12.3. The number of carbonyl (C=O) groups excluding carboxylic acids is 1. The van der Waals surface area contributed by atoms with Gasteiger partial charge >= 0.3 is 0 Å². The van der Waals surface area contributed by atoms with Crippen LogP contribution >= 0.6 is 0 Å². The highest BCUT2D eigenvalue weighted by atomic mass is 16.5. The van der Waals surface area contributed by atoms with Crippen molar-refractivity contribution in [2.45, 2.75) is 13.0 Å². The Morgan fingerprint density at radius 3 is 3.36 bits per heavy atom. The fourth-order valence-corrected chi connectivity index (χ4v) is 2.83. The molecule has 22 heavy (non-hydrogen) atoms. The van der Waals surface area contributed by atoms with Crippen molar-refractivity contribution in [1.29, 1.82) is 0 Å². The lowest BCUT2D eigenvalue weighted by molar-refractivity contribution is -0.124. The molecule has 1 unspecified atom stereocenters. The topological polar surface area (TPSA) is 83.1 Å². The number of hydrogen-bond donors (Lipinski definition) is 2. The van der Waals surface area contributed by atoms with Gasteiger partial charge in [0.05, 0.1) is 24.8 Å². The number of aromatic amines is 1. The maximum atomic E-state index is 12.3. The summed E-state index contributed by atoms with van der Waals surface area (Å²) < 4.78 is 5.08. The van der Waals surface area contributed by atoms with E-state index in [0.717, 1.165) is 37.1 Å². The fourth-order valence-electron chi connectivity index (χ4n) is 2.83. The number of nitrogens with one attached hydrogen (secondary N) is 2. The summed E-state index contributed by atoms with van der Waals surface area (Å²) in [6, 6.07) is 3.82. The molecule has 1 saturated heterocycles. The highest BCUT2D eigenvalue weighted by Gasteiger charge is 2.27. The Morgan fingerprint density at radius 1 is 1.59 bits per heavy atom. The van der Waals surface area contributed by atoms with Gasteiger partial charge in [0.2, 0.25) is 5.91 Å². The van der Waals surface area contributed by atoms with Crippen LogP contribution in [0.5, 0.6) is 0 Å². The van der Waals surface area contributed by atoms with Crippen molar-refractivity contribution >= 4 is 16.9 Å². The maximum Gasteiger partial charge on any atom is 0.224 e. The lowest BCUT2D eigenvalue weighted by Crippen LogP contribution is -2.33. The first kappa shape index (κ1) is 14.9. The number of hydrogen-bond acceptors (Lipinski definition) is 5. The molecule has 2 aromatic heterocycles. The number of rotatable bonds is 6. The van der Waals surface area contributed by atoms with Crippen molar-refractivity contribution in [2.75, 3.05) is 33.4 Å². The van der Waals surface area contributed by atoms with Crippen LogP contribution in [0.4, 0.5) is 0 Å². The minimum Gasteiger partial charge on any atom is -0.383 e. The number of H-pyrrole nitrogens is 1. The molecule has 2 N–H and O–H groups in total. The van der Waals surface area contributed by atoms with Gasteiger partial charge in [-0.15, -0.1) is 0 Å². The SMILES string of the molecule is COCCN1CCC(C(=O)NCc2[nH]nc3ncccc23)C1. The largest absolute Gasteiger partial charge is 0.383 e. The molecule has 3 heterocycles. The van der Waals surface area contributed by atoms with Gasteiger partial charge in [-0.3, -0.25) is 9.89 Å². The monoisotopic (exact) mass is 303 g/mol. The molecule has 0 spiro atoms. The molecule has 0 saturated carbocycles. The van der Waals surface area contributed by atoms with E-state index in [1.807, 2.05) is 12.1 Å². The minimum absolute atomic E-state index is 0.0594. The molecule has 1 amide bonds. The summed E-state index contributed by atoms with van der Waals surface area (Å²) in [6.07, 6.45) is 2.61. The van der Waals surface area contributed by atoms with Gasteiger partial charge in [-0.1, -0.05) is 0 Å². The van der Waals surface area contributed by atoms with Crippen molar-refractivity contribution in [1.82, 2.24) is 25.4 Å². The molecule has 1 fully saturated rings. The Balaban J connectivity index is 1.52. The number of ether oxygens (including phenoxy) is 1. The zero-order valence-electron chi connectivity index (χ0n) is 12.7. The lowest BCUT2D eigenvalue weighted by atomic mass is 10.1. The third-order valence-corrected chi connectivity index (χ3v) is 4.10. The quantitative estimate of drug-likeness (QED) is 0.814. The number of amides is 1. The van der Waals surface area contributed by atoms with E-state index in [1.165, 1.54) is 0 Å². The van der Waals surface area contributed by atoms with E-state index in [1.54, 1.807) is 13.3 Å². The molecule has 1 aliphatic rings. The van der Waals surface area contributed by atoms with Crippen molar-refractivity contribution in [2.24, 2.45) is 5.92 Å². The van der Waals surface area contributed by atoms with Crippen LogP contribution in [0.15, 0.2) is 18.3 Å². The van der Waals surface area contributed by atoms with Gasteiger partial charge < -0.3 is 15.0 Å². The van der Waals surface area contributed by atoms with Gasteiger partial charge in [0.25, 0.3) is 0 Å². The standard InChI is InChI=1S/C15H21N5O2/c1-22-8-7-20-6-4-11(10-20)15(21)17-9-13-12-3-2-5-16-14(12)19-18-13/h2-3,5,11H,4,6-10H2,1H3,(H,17,21)(H,16,18,19). The van der Waals surface area contributed by atoms with Crippen molar-refractivity contribution in [3.63, 3.8) is 0 Å². The number of pyridine rings is 1. The van der Waals surface area contributed by atoms with Crippen LogP contribution in [-0.2, 0) is 16.1 Å². The second-order valence-corrected chi connectivity index (χ2v) is 5.57. The third-order valence-electron chi connectivity index (χ3n) is 4.10. The van der Waals surface area contributed by atoms with Crippen molar-refractivity contribution in [3.8, 4) is 0 Å². The summed E-state index contributed by atoms with van der Waals surface area (Å²) in [5, 5.41) is 11.0. The average molecular weight is 303 g/mol. The van der Waals surface area contributed by atoms with Crippen LogP contribution in [0.1, 0.15) is 12.1 Å². The minimum atomic E-state index is 0.0594. The zero-order valence-corrected chi connectivity index (χ0v) is 12.7. The molecule has 118 valence electrons. The molecule has 7 heteroatoms. The summed E-state index contributed by atoms with van der Waals surface area (Å²) in [6.45, 7) is 3.81. The highest BCUT2D eigenvalue weighted by Crippen LogP contribution is 2.17. The van der Waals surface area contributed by atoms with Crippen molar-refractivity contribution in [3.05, 3.63) is 24.0 Å². The number of fused-ring (bicyclic) bond motifs is 1. The first-order chi connectivity index (χ1) is 10.8. The highest BCUT2D eigenvalue weighted by molar-refractivity contribution is 5.81. The Kier molecular flexibility index (Phi) is 4.65. The Morgan fingerprint density at radius 2 is 2.50 bits per heavy atom. The molecule has 3 rings (SSSR count). The van der Waals surface area contributed by atoms with E-state index in [0.29, 0.717) is 18.8 Å². The summed E-state index contributed by atoms with van der Waals surface area (Å²) in [7, 11) is 1.70. The van der Waals surface area contributed by atoms with E-state index < -0.39 is 0 Å². The summed E-state index contributed by atoms with van der Waals surface area (Å²) in [5.41, 5.74) is 1.57. The number of aromatic nitrogens is 3. The first-order valence-electron chi connectivity index (χ1n) is 7.55. The van der Waals surface area contributed by atoms with E-state index in [4.69, 9.17) is 4.74 Å². The summed E-state index contributed by atoms with van der Waals surface area (Å²) in [5.74, 6) is 0.163. The third kappa shape index (κ3) is 3.26. The number of methoxy groups -OCH3 is 1. The van der Waals surface area contributed by atoms with Crippen LogP contribution in [0.2, 0.25) is 0 Å². The Hall–Kier alpha value is -1.99. The van der Waals surface area contributed by atoms with E-state index in [9.17, 15) is 4.79 Å². The van der Waals surface area contributed by atoms with E-state index >= 15 is 0 Å². The molecule has 0 bridgehead atoms. The van der Waals surface area contributed by atoms with Gasteiger partial charge in [0, 0.05) is 31.8 Å². The predicted octanol–water partition coefficient (Wildman–Crippen LogP) is 0.542. The molecule has 7 nitrogen and oxygen atoms in total. The summed E-state index contributed by atoms with van der Waals surface area (Å²) in [4.78, 5) is 18.7. The molecule has 0 radical (unpaired) electrons. The van der Waals surface area contributed by atoms with Crippen LogP contribution < -0.4 is 5.32 Å². The number of nitrogens with zero attached hydrogens (tertiary/aromatic N) is 3. The van der Waals surface area contributed by atoms with Gasteiger partial charge in [-0.2, -0.15) is 5.10 Å². The van der Waals surface area contributed by atoms with E-state index in [-0.39, 0.29) is 11.8 Å². The Labute approximate surface area is 129 Å². The average Bonchev–Trinajstić information content (AvgIpc) is 3.18. The number of carbonyl (C=O) groups is 1. The summed E-state index contributed by atoms with van der Waals surface area (Å²) >= 11 is 0. The van der Waals surface area contributed by atoms with Gasteiger partial charge in [0.1, 0.15) is 0 Å². The molecule has 2 aromatic rings. The van der Waals surface area contributed by atoms with Gasteiger partial charge in [-0.05, 0) is 25.1 Å². The fraction of sp³-hybridized carbons (Fsp3) is 0.533. The normalized spacial score (nSPS) is 18.9. The molecule has 0 aliphatic carbocycles. The van der Waals surface area contributed by atoms with Crippen LogP contribution in [-0.4, -0.2) is 59.3 Å². The predicted molar refractivity (Wildman–Crippen MR) is 82.2 cm³/mol. The van der Waals surface area contributed by atoms with E-state index in [2.05, 4.69) is 25.4 Å². The van der Waals surface area contributed by atoms with Crippen molar-refractivity contribution < 1.29 is 9.53 Å². The van der Waals surface area contributed by atoms with Gasteiger partial charge in [0.15, 0.2) is 5.65 Å². The van der Waals surface area contributed by atoms with Crippen LogP contribution in [0, 0.1) is 5.92 Å². The molecule has 0 aromatic carbocycles. The van der Waals surface area contributed by atoms with Crippen LogP contribution in [0.25, 0.3) is 11.0 Å². The molecule has 1 atom stereocenters. The lowest BCUT2D eigenvalue weighted by Gasteiger charge is -2.15. The van der Waals surface area contributed by atoms with Gasteiger partial charge in [-0.25, -0.2) is 4.98 Å². The molecular weight excluding hydrogens is 282 g/mol. The Bertz CT molecular complexity index is 642. The smallest absolute Gasteiger partial charge is 0.224 e. The first-order valence-corrected chi connectivity index (χ1v) is 7.55. The van der Waals surface area contributed by atoms with Crippen LogP contribution in [0.3, 0.4) is 0 Å². The molecule has 1 aliphatic heterocycles.